The fourth-order valence-electron chi connectivity index (χ4n) is 4.78. The van der Waals surface area contributed by atoms with Crippen LogP contribution in [0.5, 0.6) is 0 Å². The van der Waals surface area contributed by atoms with Crippen LogP contribution in [-0.4, -0.2) is 75.8 Å². The maximum absolute atomic E-state index is 13.4. The summed E-state index contributed by atoms with van der Waals surface area (Å²) in [6, 6.07) is 12.9. The highest BCUT2D eigenvalue weighted by molar-refractivity contribution is 6.25. The first-order chi connectivity index (χ1) is 20.9. The lowest BCUT2D eigenvalue weighted by molar-refractivity contribution is -0.159. The second kappa shape index (κ2) is 15.3. The van der Waals surface area contributed by atoms with Crippen molar-refractivity contribution in [3.05, 3.63) is 70.7 Å². The predicted octanol–water partition coefficient (Wildman–Crippen LogP) is 3.02. The number of ketones is 2. The molecule has 0 spiro atoms. The van der Waals surface area contributed by atoms with Crippen LogP contribution < -0.4 is 10.6 Å². The van der Waals surface area contributed by atoms with Crippen molar-refractivity contribution in [2.75, 3.05) is 6.61 Å². The molecule has 2 amide bonds. The van der Waals surface area contributed by atoms with E-state index in [9.17, 15) is 24.0 Å². The molecular formula is C31H34N6O7. The van der Waals surface area contributed by atoms with E-state index in [1.165, 1.54) is 0 Å². The van der Waals surface area contributed by atoms with Gasteiger partial charge in [-0.2, -0.15) is 9.58 Å². The highest BCUT2D eigenvalue weighted by atomic mass is 16.6. The number of Topliss-reactive ketones (excluding diaryl/α,β-unsaturated/α-hetero) is 2. The monoisotopic (exact) mass is 602 g/mol. The van der Waals surface area contributed by atoms with Crippen LogP contribution in [0, 0.1) is 0 Å². The zero-order valence-electron chi connectivity index (χ0n) is 24.7. The normalized spacial score (nSPS) is 13.1. The highest BCUT2D eigenvalue weighted by Gasteiger charge is 2.32. The lowest BCUT2D eigenvalue weighted by atomic mass is 9.98. The first kappa shape index (κ1) is 33.3. The van der Waals surface area contributed by atoms with Gasteiger partial charge in [-0.25, -0.2) is 9.59 Å². The average molecular weight is 603 g/mol. The summed E-state index contributed by atoms with van der Waals surface area (Å²) < 4.78 is 10.9. The largest absolute Gasteiger partial charge is 0.458 e. The minimum absolute atomic E-state index is 0.0284. The third kappa shape index (κ3) is 9.38. The van der Waals surface area contributed by atoms with E-state index in [1.807, 2.05) is 48.5 Å². The number of ether oxygens (including phenoxy) is 2. The Bertz CT molecular complexity index is 1470. The maximum atomic E-state index is 13.4. The van der Waals surface area contributed by atoms with E-state index >= 15 is 0 Å². The average Bonchev–Trinajstić information content (AvgIpc) is 3.29. The summed E-state index contributed by atoms with van der Waals surface area (Å²) in [5.74, 6) is -3.12. The Morgan fingerprint density at radius 1 is 0.818 bits per heavy atom. The third-order valence-corrected chi connectivity index (χ3v) is 6.72. The zero-order valence-corrected chi connectivity index (χ0v) is 24.7. The molecule has 13 heteroatoms. The molecule has 0 saturated carbocycles. The van der Waals surface area contributed by atoms with Gasteiger partial charge in [0.2, 0.25) is 17.5 Å². The lowest BCUT2D eigenvalue weighted by Crippen LogP contribution is -2.53. The number of hydrogen-bond donors (Lipinski definition) is 2. The number of fused-ring (bicyclic) bond motifs is 3. The Labute approximate surface area is 254 Å². The van der Waals surface area contributed by atoms with E-state index in [0.717, 1.165) is 22.3 Å². The molecule has 0 unspecified atom stereocenters. The van der Waals surface area contributed by atoms with E-state index < -0.39 is 47.2 Å². The van der Waals surface area contributed by atoms with Crippen LogP contribution in [0.25, 0.3) is 22.2 Å². The number of hydrogen-bond acceptors (Lipinski definition) is 7. The predicted molar refractivity (Wildman–Crippen MR) is 158 cm³/mol. The summed E-state index contributed by atoms with van der Waals surface area (Å²) in [4.78, 5) is 68.4. The van der Waals surface area contributed by atoms with Crippen molar-refractivity contribution in [3.8, 4) is 11.1 Å². The number of alkyl carbamates (subject to hydrolysis) is 1. The molecule has 13 nitrogen and oxygen atoms in total. The molecular weight excluding hydrogens is 568 g/mol. The molecule has 0 bridgehead atoms. The molecule has 2 aromatic carbocycles. The molecule has 230 valence electrons. The minimum atomic E-state index is -1.35. The van der Waals surface area contributed by atoms with Gasteiger partial charge in [-0.05, 0) is 55.9 Å². The maximum Gasteiger partial charge on any atom is 0.407 e. The summed E-state index contributed by atoms with van der Waals surface area (Å²) in [6.45, 7) is 4.86. The summed E-state index contributed by atoms with van der Waals surface area (Å²) in [5, 5.41) is 4.94. The van der Waals surface area contributed by atoms with E-state index in [2.05, 4.69) is 20.2 Å². The van der Waals surface area contributed by atoms with Gasteiger partial charge in [0.25, 0.3) is 0 Å². The van der Waals surface area contributed by atoms with Gasteiger partial charge in [-0.15, -0.1) is 0 Å². The Kier molecular flexibility index (Phi) is 11.6. The molecule has 0 saturated heterocycles. The van der Waals surface area contributed by atoms with Crippen LogP contribution in [0.3, 0.4) is 0 Å². The van der Waals surface area contributed by atoms with Crippen molar-refractivity contribution in [2.45, 2.75) is 70.1 Å². The van der Waals surface area contributed by atoms with Gasteiger partial charge in [0, 0.05) is 18.8 Å². The third-order valence-electron chi connectivity index (χ3n) is 6.72. The molecule has 44 heavy (non-hydrogen) atoms. The van der Waals surface area contributed by atoms with E-state index in [1.54, 1.807) is 20.8 Å². The molecule has 0 heterocycles. The minimum Gasteiger partial charge on any atom is -0.458 e. The summed E-state index contributed by atoms with van der Waals surface area (Å²) >= 11 is 0. The molecule has 0 aromatic heterocycles. The molecule has 2 atom stereocenters. The fourth-order valence-corrected chi connectivity index (χ4v) is 4.78. The number of nitrogens with one attached hydrogen (secondary N) is 2. The van der Waals surface area contributed by atoms with Crippen LogP contribution in [0.1, 0.15) is 63.5 Å². The van der Waals surface area contributed by atoms with E-state index in [-0.39, 0.29) is 38.2 Å². The topological polar surface area (TPSA) is 201 Å². The van der Waals surface area contributed by atoms with Gasteiger partial charge in [0.15, 0.2) is 0 Å². The SMILES string of the molecule is CC(C)(C)OC(=O)[C@H](CCC(=O)C=[N+]=[N-])NC(=O)[C@H](CCC(=O)C=[N+]=[N-])NC(=O)OCC1c2ccccc2-c2ccccc21. The van der Waals surface area contributed by atoms with Crippen molar-refractivity contribution < 1.29 is 43.0 Å². The van der Waals surface area contributed by atoms with Crippen molar-refractivity contribution in [2.24, 2.45) is 0 Å². The number of rotatable bonds is 14. The van der Waals surface area contributed by atoms with Crippen LogP contribution in [0.4, 0.5) is 4.79 Å². The fraction of sp³-hybridized carbons (Fsp3) is 0.387. The molecule has 0 fully saturated rings. The number of benzene rings is 2. The number of carbonyl (C=O) groups is 5. The van der Waals surface area contributed by atoms with Gasteiger partial charge >= 0.3 is 24.5 Å². The second-order valence-corrected chi connectivity index (χ2v) is 11.1. The van der Waals surface area contributed by atoms with Crippen molar-refractivity contribution in [1.82, 2.24) is 10.6 Å². The van der Waals surface area contributed by atoms with Gasteiger partial charge in [-0.1, -0.05) is 48.5 Å². The Morgan fingerprint density at radius 2 is 1.32 bits per heavy atom. The van der Waals surface area contributed by atoms with Gasteiger partial charge in [-0.3, -0.25) is 14.4 Å². The first-order valence-corrected chi connectivity index (χ1v) is 14.0. The molecule has 1 aliphatic rings. The van der Waals surface area contributed by atoms with E-state index in [4.69, 9.17) is 20.5 Å². The number of carbonyl (C=O) groups excluding carboxylic acids is 5. The zero-order chi connectivity index (χ0) is 32.3. The van der Waals surface area contributed by atoms with Gasteiger partial charge in [0.05, 0.1) is 0 Å². The van der Waals surface area contributed by atoms with Crippen molar-refractivity contribution in [1.29, 1.82) is 0 Å². The quantitative estimate of drug-likeness (QED) is 0.143. The summed E-state index contributed by atoms with van der Waals surface area (Å²) in [5.41, 5.74) is 20.4. The smallest absolute Gasteiger partial charge is 0.407 e. The van der Waals surface area contributed by atoms with Gasteiger partial charge in [0.1, 0.15) is 24.3 Å². The summed E-state index contributed by atoms with van der Waals surface area (Å²) in [6.07, 6.45) is -0.557. The molecule has 0 radical (unpaired) electrons. The number of nitrogens with zero attached hydrogens (tertiary/aromatic N) is 4. The van der Waals surface area contributed by atoms with Crippen LogP contribution in [0.2, 0.25) is 0 Å². The Balaban J connectivity index is 1.75. The van der Waals surface area contributed by atoms with Crippen LogP contribution in [-0.2, 0) is 28.7 Å². The van der Waals surface area contributed by atoms with Crippen molar-refractivity contribution >= 4 is 42.0 Å². The van der Waals surface area contributed by atoms with E-state index in [0.29, 0.717) is 12.4 Å². The molecule has 2 aromatic rings. The molecule has 0 aliphatic heterocycles. The van der Waals surface area contributed by atoms with Crippen LogP contribution in [0.15, 0.2) is 48.5 Å². The van der Waals surface area contributed by atoms with Crippen molar-refractivity contribution in [3.63, 3.8) is 0 Å². The Morgan fingerprint density at radius 3 is 1.82 bits per heavy atom. The molecule has 1 aliphatic carbocycles. The second-order valence-electron chi connectivity index (χ2n) is 11.1. The Hall–Kier alpha value is -5.25. The highest BCUT2D eigenvalue weighted by Crippen LogP contribution is 2.44. The summed E-state index contributed by atoms with van der Waals surface area (Å²) in [7, 11) is 0. The first-order valence-electron chi connectivity index (χ1n) is 14.0. The number of amides is 2. The lowest BCUT2D eigenvalue weighted by Gasteiger charge is -2.26. The van der Waals surface area contributed by atoms with Crippen LogP contribution >= 0.6 is 0 Å². The molecule has 2 N–H and O–H groups in total. The van der Waals surface area contributed by atoms with Gasteiger partial charge < -0.3 is 31.2 Å². The standard InChI is InChI=1S/C31H34N6O7/c1-31(2,3)44-29(41)27(15-13-20(39)17-35-33)36-28(40)26(14-12-19(38)16-34-32)37-30(42)43-18-25-23-10-6-4-8-21(23)22-9-5-7-11-24(22)25/h4-11,16-17,25-27H,12-15,18H2,1-3H3,(H,36,40)(H,37,42)/t26-,27-/m0/s1. The molecule has 3 rings (SSSR count). The number of esters is 1.